The zero-order valence-corrected chi connectivity index (χ0v) is 19.6. The lowest BCUT2D eigenvalue weighted by molar-refractivity contribution is -0.150. The van der Waals surface area contributed by atoms with Crippen LogP contribution in [0.25, 0.3) is 0 Å². The monoisotopic (exact) mass is 486 g/mol. The van der Waals surface area contributed by atoms with Crippen molar-refractivity contribution in [2.24, 2.45) is 5.73 Å². The van der Waals surface area contributed by atoms with E-state index in [1.807, 2.05) is 0 Å². The van der Waals surface area contributed by atoms with Gasteiger partial charge in [-0.05, 0) is 61.4 Å². The molecule has 34 heavy (non-hydrogen) atoms. The molecule has 2 aromatic rings. The van der Waals surface area contributed by atoms with Crippen LogP contribution in [0.4, 0.5) is 11.4 Å². The van der Waals surface area contributed by atoms with Crippen LogP contribution in [-0.2, 0) is 34.7 Å². The van der Waals surface area contributed by atoms with E-state index in [0.717, 1.165) is 0 Å². The number of nitrogens with zero attached hydrogens (tertiary/aromatic N) is 1. The Morgan fingerprint density at radius 3 is 2.59 bits per heavy atom. The first-order valence-electron chi connectivity index (χ1n) is 10.6. The van der Waals surface area contributed by atoms with Gasteiger partial charge in [0.1, 0.15) is 5.84 Å². The van der Waals surface area contributed by atoms with E-state index in [1.165, 1.54) is 17.0 Å². The number of aliphatic hydroxyl groups excluding tert-OH is 1. The van der Waals surface area contributed by atoms with Crippen molar-refractivity contribution in [3.05, 3.63) is 59.2 Å². The van der Waals surface area contributed by atoms with Crippen LogP contribution >= 0.6 is 0 Å². The molecule has 4 rings (SSSR count). The van der Waals surface area contributed by atoms with E-state index in [4.69, 9.17) is 15.9 Å². The summed E-state index contributed by atoms with van der Waals surface area (Å²) < 4.78 is 29.5. The number of nitrogens with two attached hydrogens (primary N) is 1. The molecule has 0 aromatic heterocycles. The van der Waals surface area contributed by atoms with Gasteiger partial charge in [-0.25, -0.2) is 8.42 Å². The molecule has 1 saturated heterocycles. The number of nitrogen functional groups attached to an aromatic ring is 1. The largest absolute Gasteiger partial charge is 0.384 e. The van der Waals surface area contributed by atoms with Crippen LogP contribution < -0.4 is 16.0 Å². The van der Waals surface area contributed by atoms with Crippen molar-refractivity contribution >= 4 is 38.9 Å². The molecule has 2 heterocycles. The first kappa shape index (κ1) is 23.9. The summed E-state index contributed by atoms with van der Waals surface area (Å²) in [5, 5.41) is 20.5. The molecule has 180 valence electrons. The summed E-state index contributed by atoms with van der Waals surface area (Å²) >= 11 is 0. The molecule has 1 fully saturated rings. The number of amidine groups is 1. The molecule has 2 atom stereocenters. The molecule has 0 spiro atoms. The van der Waals surface area contributed by atoms with Crippen molar-refractivity contribution in [2.45, 2.75) is 36.6 Å². The summed E-state index contributed by atoms with van der Waals surface area (Å²) in [6.45, 7) is 3.61. The van der Waals surface area contributed by atoms with Crippen LogP contribution in [0, 0.1) is 5.41 Å². The molecule has 11 heteroatoms. The van der Waals surface area contributed by atoms with E-state index in [1.54, 1.807) is 44.2 Å². The number of rotatable bonds is 5. The Bertz CT molecular complexity index is 1270. The predicted octanol–water partition coefficient (Wildman–Crippen LogP) is 0.866. The van der Waals surface area contributed by atoms with Crippen LogP contribution in [0.3, 0.4) is 0 Å². The van der Waals surface area contributed by atoms with Gasteiger partial charge in [-0.2, -0.15) is 0 Å². The number of morpholine rings is 1. The third kappa shape index (κ3) is 4.06. The number of fused-ring (bicyclic) bond motifs is 1. The lowest BCUT2D eigenvalue weighted by atomic mass is 9.97. The quantitative estimate of drug-likeness (QED) is 0.360. The third-order valence-electron chi connectivity index (χ3n) is 6.31. The Kier molecular flexibility index (Phi) is 5.96. The highest BCUT2D eigenvalue weighted by Crippen LogP contribution is 2.42. The maximum Gasteiger partial charge on any atom is 0.259 e. The number of sulfone groups is 1. The van der Waals surface area contributed by atoms with Crippen molar-refractivity contribution in [3.8, 4) is 0 Å². The Labute approximate surface area is 197 Å². The van der Waals surface area contributed by atoms with E-state index in [2.05, 4.69) is 5.32 Å². The Morgan fingerprint density at radius 1 is 1.26 bits per heavy atom. The minimum Gasteiger partial charge on any atom is -0.384 e. The summed E-state index contributed by atoms with van der Waals surface area (Å²) in [5.74, 6) is -1.65. The number of carbonyl (C=O) groups excluding carboxylic acids is 2. The highest BCUT2D eigenvalue weighted by atomic mass is 32.2. The van der Waals surface area contributed by atoms with E-state index >= 15 is 0 Å². The second-order valence-electron chi connectivity index (χ2n) is 8.82. The molecule has 2 aromatic carbocycles. The SMILES string of the molecule is CC1(C)c2ccc(N3CCO[C@H]([C@@H](O)C(=O)Nc4ccc(C(=N)N)cc4)C3=O)cc2CS1(=O)=O. The fourth-order valence-electron chi connectivity index (χ4n) is 4.18. The second-order valence-corrected chi connectivity index (χ2v) is 11.4. The van der Waals surface area contributed by atoms with Gasteiger partial charge in [-0.3, -0.25) is 15.0 Å². The van der Waals surface area contributed by atoms with Gasteiger partial charge in [0.2, 0.25) is 0 Å². The average Bonchev–Trinajstić information content (AvgIpc) is 2.96. The van der Waals surface area contributed by atoms with E-state index < -0.39 is 38.6 Å². The van der Waals surface area contributed by atoms with Gasteiger partial charge < -0.3 is 25.8 Å². The topological polar surface area (TPSA) is 163 Å². The van der Waals surface area contributed by atoms with E-state index in [0.29, 0.717) is 28.1 Å². The maximum atomic E-state index is 13.1. The number of anilines is 2. The summed E-state index contributed by atoms with van der Waals surface area (Å²) in [6.07, 6.45) is -3.19. The lowest BCUT2D eigenvalue weighted by Gasteiger charge is -2.34. The van der Waals surface area contributed by atoms with Crippen LogP contribution in [0.1, 0.15) is 30.5 Å². The van der Waals surface area contributed by atoms with Crippen molar-refractivity contribution in [1.29, 1.82) is 5.41 Å². The zero-order valence-electron chi connectivity index (χ0n) is 18.7. The second kappa shape index (κ2) is 8.49. The van der Waals surface area contributed by atoms with Crippen LogP contribution in [0.5, 0.6) is 0 Å². The molecule has 0 radical (unpaired) electrons. The first-order chi connectivity index (χ1) is 15.9. The van der Waals surface area contributed by atoms with E-state index in [9.17, 15) is 23.1 Å². The Morgan fingerprint density at radius 2 is 1.94 bits per heavy atom. The molecule has 0 bridgehead atoms. The lowest BCUT2D eigenvalue weighted by Crippen LogP contribution is -2.55. The Balaban J connectivity index is 1.50. The third-order valence-corrected chi connectivity index (χ3v) is 8.78. The highest BCUT2D eigenvalue weighted by molar-refractivity contribution is 7.91. The number of hydrogen-bond donors (Lipinski definition) is 4. The predicted molar refractivity (Wildman–Crippen MR) is 126 cm³/mol. The van der Waals surface area contributed by atoms with Crippen LogP contribution in [0.15, 0.2) is 42.5 Å². The molecule has 0 aliphatic carbocycles. The van der Waals surface area contributed by atoms with Crippen molar-refractivity contribution in [3.63, 3.8) is 0 Å². The molecule has 2 aliphatic rings. The first-order valence-corrected chi connectivity index (χ1v) is 12.3. The fraction of sp³-hybridized carbons (Fsp3) is 0.348. The molecule has 0 saturated carbocycles. The molecule has 2 aliphatic heterocycles. The summed E-state index contributed by atoms with van der Waals surface area (Å²) in [4.78, 5) is 27.1. The normalized spacial score (nSPS) is 21.6. The van der Waals surface area contributed by atoms with Gasteiger partial charge in [0, 0.05) is 23.5 Å². The number of nitrogens with one attached hydrogen (secondary N) is 2. The minimum absolute atomic E-state index is 0.0922. The van der Waals surface area contributed by atoms with Crippen molar-refractivity contribution in [2.75, 3.05) is 23.4 Å². The van der Waals surface area contributed by atoms with Crippen LogP contribution in [-0.4, -0.2) is 56.5 Å². The molecule has 10 nitrogen and oxygen atoms in total. The van der Waals surface area contributed by atoms with Gasteiger partial charge in [0.25, 0.3) is 11.8 Å². The maximum absolute atomic E-state index is 13.1. The number of ether oxygens (including phenoxy) is 1. The Hall–Kier alpha value is -3.28. The number of aliphatic hydroxyl groups is 1. The van der Waals surface area contributed by atoms with Crippen molar-refractivity contribution in [1.82, 2.24) is 0 Å². The van der Waals surface area contributed by atoms with Gasteiger partial charge >= 0.3 is 0 Å². The minimum atomic E-state index is -3.36. The number of benzene rings is 2. The molecule has 0 unspecified atom stereocenters. The summed E-state index contributed by atoms with van der Waals surface area (Å²) in [7, 11) is -3.36. The number of amides is 2. The zero-order chi connectivity index (χ0) is 24.8. The standard InChI is InChI=1S/C23H26N4O6S/c1-23(2)17-8-7-16(11-14(17)12-34(23,31)32)27-9-10-33-19(22(27)30)18(28)21(29)26-15-5-3-13(4-6-15)20(24)25/h3-8,11,18-19,28H,9-10,12H2,1-2H3,(H3,24,25)(H,26,29)/t18-,19-/m1/s1. The van der Waals surface area contributed by atoms with E-state index in [-0.39, 0.29) is 24.7 Å². The highest BCUT2D eigenvalue weighted by Gasteiger charge is 2.45. The average molecular weight is 487 g/mol. The molecule has 2 amide bonds. The smallest absolute Gasteiger partial charge is 0.259 e. The van der Waals surface area contributed by atoms with Gasteiger partial charge in [-0.15, -0.1) is 0 Å². The number of hydrogen-bond acceptors (Lipinski definition) is 7. The summed E-state index contributed by atoms with van der Waals surface area (Å²) in [5.41, 5.74) is 8.06. The van der Waals surface area contributed by atoms with Gasteiger partial charge in [0.15, 0.2) is 22.0 Å². The van der Waals surface area contributed by atoms with Gasteiger partial charge in [-0.1, -0.05) is 6.07 Å². The number of carbonyl (C=O) groups is 2. The molecular weight excluding hydrogens is 460 g/mol. The molecule has 5 N–H and O–H groups in total. The van der Waals surface area contributed by atoms with Crippen LogP contribution in [0.2, 0.25) is 0 Å². The van der Waals surface area contributed by atoms with Crippen molar-refractivity contribution < 1.29 is 27.9 Å². The fourth-order valence-corrected chi connectivity index (χ4v) is 5.73. The van der Waals surface area contributed by atoms with Gasteiger partial charge in [0.05, 0.1) is 17.1 Å². The summed E-state index contributed by atoms with van der Waals surface area (Å²) in [6, 6.07) is 11.2. The molecular formula is C23H26N4O6S.